The Kier molecular flexibility index (Phi) is 5.91. The molecule has 0 aromatic rings. The molecule has 0 heterocycles. The molecule has 0 saturated carbocycles. The molecule has 0 unspecified atom stereocenters. The molecule has 0 rings (SSSR count). The summed E-state index contributed by atoms with van der Waals surface area (Å²) < 4.78 is 0. The number of likely N-dealkylation sites (N-methyl/N-ethyl adjacent to an activating group) is 2. The molecule has 2 amide bonds. The predicted molar refractivity (Wildman–Crippen MR) is 59.0 cm³/mol. The van der Waals surface area contributed by atoms with Gasteiger partial charge in [-0.15, -0.1) is 0 Å². The Hall–Kier alpha value is -1.79. The fraction of sp³-hybridized carbons (Fsp3) is 0.667. The lowest BCUT2D eigenvalue weighted by molar-refractivity contribution is -0.138. The first-order chi connectivity index (χ1) is 7.42. The molecule has 0 aliphatic rings. The van der Waals surface area contributed by atoms with Gasteiger partial charge in [0.1, 0.15) is 5.84 Å². The van der Waals surface area contributed by atoms with Crippen molar-refractivity contribution in [2.24, 2.45) is 10.9 Å². The van der Waals surface area contributed by atoms with Crippen LogP contribution >= 0.6 is 0 Å². The minimum atomic E-state index is -0.340. The standard InChI is InChI=1S/C9H18N4O3/c1-4-13(6-9(15)12(2)3)8(14)5-7(10)11-16/h16H,4-6H2,1-3H3,(H2,10,11). The summed E-state index contributed by atoms with van der Waals surface area (Å²) in [5.74, 6) is -0.677. The molecule has 92 valence electrons. The van der Waals surface area contributed by atoms with E-state index >= 15 is 0 Å². The van der Waals surface area contributed by atoms with E-state index in [-0.39, 0.29) is 30.6 Å². The maximum atomic E-state index is 11.6. The van der Waals surface area contributed by atoms with E-state index in [1.54, 1.807) is 21.0 Å². The van der Waals surface area contributed by atoms with Gasteiger partial charge in [0, 0.05) is 20.6 Å². The van der Waals surface area contributed by atoms with Crippen LogP contribution < -0.4 is 5.73 Å². The number of carbonyl (C=O) groups is 2. The van der Waals surface area contributed by atoms with Crippen LogP contribution in [0.2, 0.25) is 0 Å². The summed E-state index contributed by atoms with van der Waals surface area (Å²) in [4.78, 5) is 25.7. The zero-order chi connectivity index (χ0) is 12.7. The van der Waals surface area contributed by atoms with Crippen molar-refractivity contribution in [3.63, 3.8) is 0 Å². The Balaban J connectivity index is 4.39. The van der Waals surface area contributed by atoms with Crippen molar-refractivity contribution in [2.45, 2.75) is 13.3 Å². The van der Waals surface area contributed by atoms with Gasteiger partial charge in [-0.3, -0.25) is 9.59 Å². The van der Waals surface area contributed by atoms with Crippen LogP contribution in [0.15, 0.2) is 5.16 Å². The van der Waals surface area contributed by atoms with Gasteiger partial charge in [0.05, 0.1) is 13.0 Å². The summed E-state index contributed by atoms with van der Waals surface area (Å²) in [5.41, 5.74) is 5.21. The van der Waals surface area contributed by atoms with Crippen molar-refractivity contribution in [2.75, 3.05) is 27.2 Å². The van der Waals surface area contributed by atoms with E-state index in [1.165, 1.54) is 9.80 Å². The molecule has 16 heavy (non-hydrogen) atoms. The van der Waals surface area contributed by atoms with Crippen LogP contribution in [0.5, 0.6) is 0 Å². The van der Waals surface area contributed by atoms with Gasteiger partial charge in [-0.05, 0) is 6.92 Å². The minimum Gasteiger partial charge on any atom is -0.409 e. The van der Waals surface area contributed by atoms with Crippen LogP contribution in [0, 0.1) is 0 Å². The fourth-order valence-electron chi connectivity index (χ4n) is 0.983. The highest BCUT2D eigenvalue weighted by Gasteiger charge is 2.17. The van der Waals surface area contributed by atoms with Gasteiger partial charge < -0.3 is 20.7 Å². The lowest BCUT2D eigenvalue weighted by Crippen LogP contribution is -2.41. The molecule has 0 fully saturated rings. The topological polar surface area (TPSA) is 99.2 Å². The third kappa shape index (κ3) is 4.63. The summed E-state index contributed by atoms with van der Waals surface area (Å²) in [6.07, 6.45) is -0.189. The second kappa shape index (κ2) is 6.65. The molecule has 0 aromatic heterocycles. The first-order valence-corrected chi connectivity index (χ1v) is 4.86. The van der Waals surface area contributed by atoms with Crippen molar-refractivity contribution in [3.8, 4) is 0 Å². The number of carbonyl (C=O) groups excluding carboxylic acids is 2. The number of rotatable bonds is 5. The first kappa shape index (κ1) is 14.2. The van der Waals surface area contributed by atoms with Crippen molar-refractivity contribution in [1.82, 2.24) is 9.80 Å². The van der Waals surface area contributed by atoms with Gasteiger partial charge in [-0.25, -0.2) is 0 Å². The summed E-state index contributed by atoms with van der Waals surface area (Å²) >= 11 is 0. The number of oxime groups is 1. The summed E-state index contributed by atoms with van der Waals surface area (Å²) in [6.45, 7) is 2.16. The van der Waals surface area contributed by atoms with Crippen molar-refractivity contribution in [3.05, 3.63) is 0 Å². The molecule has 0 spiro atoms. The summed E-state index contributed by atoms with van der Waals surface area (Å²) in [6, 6.07) is 0. The highest BCUT2D eigenvalue weighted by molar-refractivity contribution is 5.99. The zero-order valence-corrected chi connectivity index (χ0v) is 9.80. The summed E-state index contributed by atoms with van der Waals surface area (Å²) in [5, 5.41) is 11.0. The van der Waals surface area contributed by atoms with Gasteiger partial charge in [0.2, 0.25) is 11.8 Å². The number of nitrogens with two attached hydrogens (primary N) is 1. The van der Waals surface area contributed by atoms with Crippen LogP contribution in [0.4, 0.5) is 0 Å². The molecule has 0 aliphatic carbocycles. The van der Waals surface area contributed by atoms with Crippen LogP contribution in [0.3, 0.4) is 0 Å². The monoisotopic (exact) mass is 230 g/mol. The second-order valence-corrected chi connectivity index (χ2v) is 3.46. The SMILES string of the molecule is CCN(CC(=O)N(C)C)C(=O)C/C(N)=N/O. The molecule has 3 N–H and O–H groups in total. The Labute approximate surface area is 94.5 Å². The smallest absolute Gasteiger partial charge is 0.241 e. The van der Waals surface area contributed by atoms with Gasteiger partial charge in [0.25, 0.3) is 0 Å². The lowest BCUT2D eigenvalue weighted by Gasteiger charge is -2.21. The van der Waals surface area contributed by atoms with Crippen molar-refractivity contribution in [1.29, 1.82) is 0 Å². The molecule has 7 heteroatoms. The number of hydrogen-bond acceptors (Lipinski definition) is 4. The van der Waals surface area contributed by atoms with E-state index in [4.69, 9.17) is 10.9 Å². The Morgan fingerprint density at radius 1 is 1.31 bits per heavy atom. The van der Waals surface area contributed by atoms with Crippen molar-refractivity contribution >= 4 is 17.6 Å². The Bertz CT molecular complexity index is 288. The molecule has 0 saturated heterocycles. The van der Waals surface area contributed by atoms with Gasteiger partial charge >= 0.3 is 0 Å². The largest absolute Gasteiger partial charge is 0.409 e. The van der Waals surface area contributed by atoms with Gasteiger partial charge in [-0.1, -0.05) is 5.16 Å². The number of hydrogen-bond donors (Lipinski definition) is 2. The second-order valence-electron chi connectivity index (χ2n) is 3.46. The molecular weight excluding hydrogens is 212 g/mol. The molecular formula is C9H18N4O3. The van der Waals surface area contributed by atoms with E-state index < -0.39 is 0 Å². The minimum absolute atomic E-state index is 0.00103. The number of amidine groups is 1. The molecule has 7 nitrogen and oxygen atoms in total. The maximum Gasteiger partial charge on any atom is 0.241 e. The Morgan fingerprint density at radius 2 is 1.88 bits per heavy atom. The van der Waals surface area contributed by atoms with E-state index in [9.17, 15) is 9.59 Å². The van der Waals surface area contributed by atoms with Crippen LogP contribution in [-0.2, 0) is 9.59 Å². The molecule has 0 bridgehead atoms. The van der Waals surface area contributed by atoms with Crippen molar-refractivity contribution < 1.29 is 14.8 Å². The quantitative estimate of drug-likeness (QED) is 0.275. The average molecular weight is 230 g/mol. The first-order valence-electron chi connectivity index (χ1n) is 4.86. The molecule has 0 radical (unpaired) electrons. The lowest BCUT2D eigenvalue weighted by atomic mass is 10.3. The highest BCUT2D eigenvalue weighted by Crippen LogP contribution is 1.96. The highest BCUT2D eigenvalue weighted by atomic mass is 16.4. The number of amides is 2. The normalized spacial score (nSPS) is 11.1. The Morgan fingerprint density at radius 3 is 2.25 bits per heavy atom. The third-order valence-electron chi connectivity index (χ3n) is 2.02. The van der Waals surface area contributed by atoms with Crippen LogP contribution in [0.25, 0.3) is 0 Å². The third-order valence-corrected chi connectivity index (χ3v) is 2.02. The molecule has 0 aliphatic heterocycles. The van der Waals surface area contributed by atoms with Gasteiger partial charge in [-0.2, -0.15) is 0 Å². The maximum absolute atomic E-state index is 11.6. The van der Waals surface area contributed by atoms with E-state index in [2.05, 4.69) is 5.16 Å². The van der Waals surface area contributed by atoms with E-state index in [0.29, 0.717) is 6.54 Å². The average Bonchev–Trinajstić information content (AvgIpc) is 2.24. The molecule has 0 aromatic carbocycles. The summed E-state index contributed by atoms with van der Waals surface area (Å²) in [7, 11) is 3.23. The number of nitrogens with zero attached hydrogens (tertiary/aromatic N) is 3. The van der Waals surface area contributed by atoms with E-state index in [0.717, 1.165) is 0 Å². The van der Waals surface area contributed by atoms with E-state index in [1.807, 2.05) is 0 Å². The molecule has 0 atom stereocenters. The predicted octanol–water partition coefficient (Wildman–Crippen LogP) is -0.940. The van der Waals surface area contributed by atoms with Gasteiger partial charge in [0.15, 0.2) is 0 Å². The fourth-order valence-corrected chi connectivity index (χ4v) is 0.983. The zero-order valence-electron chi connectivity index (χ0n) is 9.80. The van der Waals surface area contributed by atoms with Crippen LogP contribution in [0.1, 0.15) is 13.3 Å². The van der Waals surface area contributed by atoms with Crippen LogP contribution in [-0.4, -0.2) is 59.8 Å².